The molecule has 1 atom stereocenters. The van der Waals surface area contributed by atoms with Gasteiger partial charge in [-0.2, -0.15) is 0 Å². The van der Waals surface area contributed by atoms with E-state index >= 15 is 0 Å². The molecule has 0 aliphatic rings. The molecule has 0 radical (unpaired) electrons. The number of amides is 1. The van der Waals surface area contributed by atoms with Crippen molar-refractivity contribution in [2.45, 2.75) is 19.9 Å². The van der Waals surface area contributed by atoms with E-state index in [2.05, 4.69) is 5.32 Å². The zero-order valence-electron chi connectivity index (χ0n) is 14.6. The maximum atomic E-state index is 14.1. The third-order valence-corrected chi connectivity index (χ3v) is 4.94. The number of Topliss-reactive ketones (excluding diaryl/α,β-unsaturated/α-hetero) is 1. The first-order chi connectivity index (χ1) is 12.1. The summed E-state index contributed by atoms with van der Waals surface area (Å²) in [5.41, 5.74) is 0.538. The summed E-state index contributed by atoms with van der Waals surface area (Å²) in [4.78, 5) is 24.0. The largest absolute Gasteiger partial charge is 0.324 e. The van der Waals surface area contributed by atoms with Crippen LogP contribution in [0.15, 0.2) is 48.5 Å². The third kappa shape index (κ3) is 4.45. The van der Waals surface area contributed by atoms with Crippen LogP contribution in [-0.2, 0) is 14.8 Å². The monoisotopic (exact) mass is 378 g/mol. The van der Waals surface area contributed by atoms with Crippen LogP contribution >= 0.6 is 0 Å². The van der Waals surface area contributed by atoms with E-state index in [4.69, 9.17) is 0 Å². The first kappa shape index (κ1) is 19.6. The van der Waals surface area contributed by atoms with Crippen LogP contribution in [0.2, 0.25) is 0 Å². The number of para-hydroxylation sites is 1. The molecule has 2 rings (SSSR count). The van der Waals surface area contributed by atoms with Crippen molar-refractivity contribution in [1.82, 2.24) is 0 Å². The molecule has 0 fully saturated rings. The molecular weight excluding hydrogens is 359 g/mol. The molecule has 0 heterocycles. The maximum absolute atomic E-state index is 14.1. The van der Waals surface area contributed by atoms with E-state index in [1.807, 2.05) is 0 Å². The number of anilines is 2. The number of nitrogens with one attached hydrogen (secondary N) is 1. The quantitative estimate of drug-likeness (QED) is 0.784. The molecule has 0 saturated heterocycles. The third-order valence-electron chi connectivity index (χ3n) is 3.72. The van der Waals surface area contributed by atoms with Crippen molar-refractivity contribution in [2.24, 2.45) is 0 Å². The summed E-state index contributed by atoms with van der Waals surface area (Å²) in [7, 11) is -3.92. The highest BCUT2D eigenvalue weighted by Crippen LogP contribution is 2.24. The first-order valence-electron chi connectivity index (χ1n) is 7.77. The minimum atomic E-state index is -3.92. The van der Waals surface area contributed by atoms with Gasteiger partial charge in [0.15, 0.2) is 5.78 Å². The molecule has 1 unspecified atom stereocenters. The van der Waals surface area contributed by atoms with E-state index in [1.54, 1.807) is 18.2 Å². The Morgan fingerprint density at radius 2 is 1.77 bits per heavy atom. The van der Waals surface area contributed by atoms with Gasteiger partial charge >= 0.3 is 0 Å². The minimum Gasteiger partial charge on any atom is -0.324 e. The Kier molecular flexibility index (Phi) is 5.76. The van der Waals surface area contributed by atoms with Crippen LogP contribution in [0, 0.1) is 5.82 Å². The van der Waals surface area contributed by atoms with Crippen molar-refractivity contribution in [3.8, 4) is 0 Å². The van der Waals surface area contributed by atoms with Crippen molar-refractivity contribution < 1.29 is 22.4 Å². The van der Waals surface area contributed by atoms with E-state index in [-0.39, 0.29) is 11.5 Å². The highest BCUT2D eigenvalue weighted by atomic mass is 32.2. The zero-order valence-corrected chi connectivity index (χ0v) is 15.4. The van der Waals surface area contributed by atoms with Crippen LogP contribution in [0.1, 0.15) is 24.2 Å². The van der Waals surface area contributed by atoms with Gasteiger partial charge in [0.05, 0.1) is 11.9 Å². The number of nitrogens with zero attached hydrogens (tertiary/aromatic N) is 1. The smallest absolute Gasteiger partial charge is 0.247 e. The van der Waals surface area contributed by atoms with Gasteiger partial charge in [-0.25, -0.2) is 12.8 Å². The SMILES string of the molecule is CC(=O)c1cccc(NC(=O)C(C)N(c2ccccc2F)S(C)(=O)=O)c1. The van der Waals surface area contributed by atoms with Gasteiger partial charge in [-0.15, -0.1) is 0 Å². The maximum Gasteiger partial charge on any atom is 0.247 e. The summed E-state index contributed by atoms with van der Waals surface area (Å²) in [6.45, 7) is 2.75. The molecule has 138 valence electrons. The average molecular weight is 378 g/mol. The number of sulfonamides is 1. The van der Waals surface area contributed by atoms with E-state index in [0.717, 1.165) is 16.6 Å². The minimum absolute atomic E-state index is 0.168. The second-order valence-electron chi connectivity index (χ2n) is 5.81. The van der Waals surface area contributed by atoms with Gasteiger partial charge in [0, 0.05) is 11.3 Å². The molecule has 0 aromatic heterocycles. The number of rotatable bonds is 6. The van der Waals surface area contributed by atoms with Gasteiger partial charge in [0.25, 0.3) is 0 Å². The summed E-state index contributed by atoms with van der Waals surface area (Å²) in [6.07, 6.45) is 0.902. The van der Waals surface area contributed by atoms with Crippen molar-refractivity contribution in [2.75, 3.05) is 15.9 Å². The lowest BCUT2D eigenvalue weighted by molar-refractivity contribution is -0.116. The number of benzene rings is 2. The lowest BCUT2D eigenvalue weighted by Gasteiger charge is -2.28. The van der Waals surface area contributed by atoms with E-state index in [0.29, 0.717) is 11.3 Å². The number of carbonyl (C=O) groups is 2. The number of carbonyl (C=O) groups excluding carboxylic acids is 2. The van der Waals surface area contributed by atoms with Crippen molar-refractivity contribution >= 4 is 33.1 Å². The Balaban J connectivity index is 2.33. The Labute approximate surface area is 151 Å². The molecule has 0 bridgehead atoms. The molecule has 2 aromatic carbocycles. The standard InChI is InChI=1S/C18H19FN2O4S/c1-12(18(23)20-15-8-6-7-14(11-15)13(2)22)21(26(3,24)25)17-10-5-4-9-16(17)19/h4-12H,1-3H3,(H,20,23). The molecule has 1 amide bonds. The van der Waals surface area contributed by atoms with Gasteiger partial charge in [-0.3, -0.25) is 13.9 Å². The normalized spacial score (nSPS) is 12.3. The van der Waals surface area contributed by atoms with Crippen LogP contribution in [0.3, 0.4) is 0 Å². The summed E-state index contributed by atoms with van der Waals surface area (Å²) in [5.74, 6) is -1.58. The lowest BCUT2D eigenvalue weighted by Crippen LogP contribution is -2.45. The van der Waals surface area contributed by atoms with Crippen molar-refractivity contribution in [3.05, 3.63) is 59.9 Å². The molecule has 2 aromatic rings. The fraction of sp³-hybridized carbons (Fsp3) is 0.222. The van der Waals surface area contributed by atoms with Gasteiger partial charge < -0.3 is 5.32 Å². The first-order valence-corrected chi connectivity index (χ1v) is 9.62. The summed E-state index contributed by atoms with van der Waals surface area (Å²) >= 11 is 0. The van der Waals surface area contributed by atoms with E-state index in [9.17, 15) is 22.4 Å². The molecule has 0 aliphatic heterocycles. The summed E-state index contributed by atoms with van der Waals surface area (Å²) < 4.78 is 39.1. The Morgan fingerprint density at radius 3 is 2.35 bits per heavy atom. The lowest BCUT2D eigenvalue weighted by atomic mass is 10.1. The molecular formula is C18H19FN2O4S. The van der Waals surface area contributed by atoms with E-state index < -0.39 is 27.8 Å². The molecule has 8 heteroatoms. The van der Waals surface area contributed by atoms with Gasteiger partial charge in [0.2, 0.25) is 15.9 Å². The fourth-order valence-corrected chi connectivity index (χ4v) is 3.65. The van der Waals surface area contributed by atoms with Crippen LogP contribution < -0.4 is 9.62 Å². The molecule has 6 nitrogen and oxygen atoms in total. The second-order valence-corrected chi connectivity index (χ2v) is 7.67. The molecule has 0 saturated carbocycles. The molecule has 0 aliphatic carbocycles. The Hall–Kier alpha value is -2.74. The number of hydrogen-bond donors (Lipinski definition) is 1. The Morgan fingerprint density at radius 1 is 1.12 bits per heavy atom. The fourth-order valence-electron chi connectivity index (χ4n) is 2.47. The van der Waals surface area contributed by atoms with Crippen LogP contribution in [0.5, 0.6) is 0 Å². The van der Waals surface area contributed by atoms with E-state index in [1.165, 1.54) is 38.1 Å². The predicted molar refractivity (Wildman–Crippen MR) is 98.3 cm³/mol. The second kappa shape index (κ2) is 7.65. The van der Waals surface area contributed by atoms with Crippen LogP contribution in [0.25, 0.3) is 0 Å². The number of halogens is 1. The van der Waals surface area contributed by atoms with Crippen LogP contribution in [-0.4, -0.2) is 32.4 Å². The highest BCUT2D eigenvalue weighted by Gasteiger charge is 2.31. The van der Waals surface area contributed by atoms with Gasteiger partial charge in [-0.05, 0) is 38.1 Å². The number of hydrogen-bond acceptors (Lipinski definition) is 4. The summed E-state index contributed by atoms with van der Waals surface area (Å²) in [5, 5.41) is 2.56. The Bertz CT molecular complexity index is 944. The number of ketones is 1. The topological polar surface area (TPSA) is 83.6 Å². The van der Waals surface area contributed by atoms with Crippen molar-refractivity contribution in [1.29, 1.82) is 0 Å². The zero-order chi connectivity index (χ0) is 19.5. The molecule has 26 heavy (non-hydrogen) atoms. The average Bonchev–Trinajstić information content (AvgIpc) is 2.55. The molecule has 0 spiro atoms. The van der Waals surface area contributed by atoms with Gasteiger partial charge in [0.1, 0.15) is 11.9 Å². The van der Waals surface area contributed by atoms with Crippen molar-refractivity contribution in [3.63, 3.8) is 0 Å². The summed E-state index contributed by atoms with van der Waals surface area (Å²) in [6, 6.07) is 10.4. The highest BCUT2D eigenvalue weighted by molar-refractivity contribution is 7.92. The van der Waals surface area contributed by atoms with Gasteiger partial charge in [-0.1, -0.05) is 24.3 Å². The molecule has 1 N–H and O–H groups in total. The predicted octanol–water partition coefficient (Wildman–Crippen LogP) is 2.82. The van der Waals surface area contributed by atoms with Crippen LogP contribution in [0.4, 0.5) is 15.8 Å².